The average Bonchev–Trinajstić information content (AvgIpc) is 3.05. The van der Waals surface area contributed by atoms with Crippen LogP contribution in [-0.4, -0.2) is 31.6 Å². The third-order valence-corrected chi connectivity index (χ3v) is 5.41. The third-order valence-electron chi connectivity index (χ3n) is 5.41. The lowest BCUT2D eigenvalue weighted by Crippen LogP contribution is -2.52. The van der Waals surface area contributed by atoms with Crippen LogP contribution in [0.3, 0.4) is 0 Å². The summed E-state index contributed by atoms with van der Waals surface area (Å²) >= 11 is 0. The van der Waals surface area contributed by atoms with Gasteiger partial charge in [0.25, 0.3) is 0 Å². The zero-order valence-corrected chi connectivity index (χ0v) is 13.4. The van der Waals surface area contributed by atoms with E-state index < -0.39 is 0 Å². The molecule has 0 spiro atoms. The SMILES string of the molecule is NC[C@H]1CCC[C@H]1C(=O)NC1CNCCC1c1ccc(F)cc1. The molecule has 1 saturated heterocycles. The molecule has 3 rings (SSSR count). The Morgan fingerprint density at radius 2 is 2.04 bits per heavy atom. The van der Waals surface area contributed by atoms with Crippen molar-refractivity contribution in [1.82, 2.24) is 10.6 Å². The van der Waals surface area contributed by atoms with E-state index in [-0.39, 0.29) is 29.6 Å². The Morgan fingerprint density at radius 1 is 1.26 bits per heavy atom. The molecule has 23 heavy (non-hydrogen) atoms. The number of carbonyl (C=O) groups excluding carboxylic acids is 1. The van der Waals surface area contributed by atoms with E-state index in [1.54, 1.807) is 0 Å². The Hall–Kier alpha value is -1.46. The van der Waals surface area contributed by atoms with E-state index in [4.69, 9.17) is 5.73 Å². The van der Waals surface area contributed by atoms with Crippen LogP contribution in [0.5, 0.6) is 0 Å². The van der Waals surface area contributed by atoms with Crippen LogP contribution in [0.15, 0.2) is 24.3 Å². The summed E-state index contributed by atoms with van der Waals surface area (Å²) in [7, 11) is 0. The van der Waals surface area contributed by atoms with Crippen LogP contribution in [-0.2, 0) is 4.79 Å². The molecule has 4 N–H and O–H groups in total. The van der Waals surface area contributed by atoms with Gasteiger partial charge < -0.3 is 16.4 Å². The normalized spacial score (nSPS) is 31.0. The van der Waals surface area contributed by atoms with Gasteiger partial charge in [-0.15, -0.1) is 0 Å². The van der Waals surface area contributed by atoms with Gasteiger partial charge in [0.05, 0.1) is 0 Å². The zero-order valence-electron chi connectivity index (χ0n) is 13.4. The number of carbonyl (C=O) groups is 1. The van der Waals surface area contributed by atoms with E-state index in [0.29, 0.717) is 12.5 Å². The Morgan fingerprint density at radius 3 is 2.78 bits per heavy atom. The van der Waals surface area contributed by atoms with Gasteiger partial charge in [-0.25, -0.2) is 4.39 Å². The van der Waals surface area contributed by atoms with Crippen LogP contribution in [0.2, 0.25) is 0 Å². The quantitative estimate of drug-likeness (QED) is 0.792. The molecule has 1 aliphatic heterocycles. The number of hydrogen-bond donors (Lipinski definition) is 3. The molecule has 0 radical (unpaired) electrons. The summed E-state index contributed by atoms with van der Waals surface area (Å²) < 4.78 is 13.2. The van der Waals surface area contributed by atoms with Gasteiger partial charge in [0.15, 0.2) is 0 Å². The van der Waals surface area contributed by atoms with Gasteiger partial charge in [-0.1, -0.05) is 18.6 Å². The topological polar surface area (TPSA) is 67.2 Å². The largest absolute Gasteiger partial charge is 0.351 e. The molecule has 2 unspecified atom stereocenters. The second-order valence-corrected chi connectivity index (χ2v) is 6.80. The van der Waals surface area contributed by atoms with Gasteiger partial charge in [-0.05, 0) is 56.0 Å². The molecule has 2 aliphatic rings. The monoisotopic (exact) mass is 319 g/mol. The molecule has 1 aromatic carbocycles. The Kier molecular flexibility index (Phi) is 5.28. The first-order chi connectivity index (χ1) is 11.2. The summed E-state index contributed by atoms with van der Waals surface area (Å²) in [5, 5.41) is 6.59. The highest BCUT2D eigenvalue weighted by atomic mass is 19.1. The summed E-state index contributed by atoms with van der Waals surface area (Å²) in [5.74, 6) is 0.518. The van der Waals surface area contributed by atoms with Crippen molar-refractivity contribution < 1.29 is 9.18 Å². The highest BCUT2D eigenvalue weighted by molar-refractivity contribution is 5.79. The number of benzene rings is 1. The van der Waals surface area contributed by atoms with Gasteiger partial charge in [0, 0.05) is 24.4 Å². The maximum Gasteiger partial charge on any atom is 0.223 e. The van der Waals surface area contributed by atoms with Gasteiger partial charge in [0.2, 0.25) is 5.91 Å². The Labute approximate surface area is 137 Å². The summed E-state index contributed by atoms with van der Waals surface area (Å²) in [6, 6.07) is 6.72. The fourth-order valence-electron chi connectivity index (χ4n) is 4.07. The highest BCUT2D eigenvalue weighted by Gasteiger charge is 2.35. The van der Waals surface area contributed by atoms with Gasteiger partial charge in [-0.2, -0.15) is 0 Å². The van der Waals surface area contributed by atoms with E-state index in [1.807, 2.05) is 12.1 Å². The molecule has 0 aromatic heterocycles. The van der Waals surface area contributed by atoms with Crippen molar-refractivity contribution >= 4 is 5.91 Å². The number of hydrogen-bond acceptors (Lipinski definition) is 3. The van der Waals surface area contributed by atoms with Crippen molar-refractivity contribution in [3.63, 3.8) is 0 Å². The minimum absolute atomic E-state index is 0.0517. The van der Waals surface area contributed by atoms with Crippen molar-refractivity contribution in [2.75, 3.05) is 19.6 Å². The Bertz CT molecular complexity index is 534. The Balaban J connectivity index is 1.69. The lowest BCUT2D eigenvalue weighted by molar-refractivity contribution is -0.127. The maximum absolute atomic E-state index is 13.2. The lowest BCUT2D eigenvalue weighted by atomic mass is 9.85. The average molecular weight is 319 g/mol. The summed E-state index contributed by atoms with van der Waals surface area (Å²) in [5.41, 5.74) is 6.90. The van der Waals surface area contributed by atoms with E-state index in [9.17, 15) is 9.18 Å². The van der Waals surface area contributed by atoms with Crippen LogP contribution in [0.25, 0.3) is 0 Å². The van der Waals surface area contributed by atoms with Crippen LogP contribution in [0, 0.1) is 17.7 Å². The first-order valence-corrected chi connectivity index (χ1v) is 8.65. The molecular weight excluding hydrogens is 293 g/mol. The zero-order chi connectivity index (χ0) is 16.2. The van der Waals surface area contributed by atoms with E-state index in [0.717, 1.165) is 44.3 Å². The predicted molar refractivity (Wildman–Crippen MR) is 88.4 cm³/mol. The number of piperidine rings is 1. The summed E-state index contributed by atoms with van der Waals surface area (Å²) in [6.45, 7) is 2.26. The second-order valence-electron chi connectivity index (χ2n) is 6.80. The number of rotatable bonds is 4. The van der Waals surface area contributed by atoms with Crippen molar-refractivity contribution in [1.29, 1.82) is 0 Å². The maximum atomic E-state index is 13.2. The molecule has 1 heterocycles. The molecule has 1 saturated carbocycles. The minimum atomic E-state index is -0.222. The third kappa shape index (κ3) is 3.72. The van der Waals surface area contributed by atoms with Crippen LogP contribution in [0.4, 0.5) is 4.39 Å². The minimum Gasteiger partial charge on any atom is -0.351 e. The van der Waals surface area contributed by atoms with Crippen molar-refractivity contribution in [2.45, 2.75) is 37.6 Å². The van der Waals surface area contributed by atoms with Crippen molar-refractivity contribution in [3.8, 4) is 0 Å². The molecule has 4 atom stereocenters. The first kappa shape index (κ1) is 16.4. The predicted octanol–water partition coefficient (Wildman–Crippen LogP) is 1.76. The number of nitrogens with one attached hydrogen (secondary N) is 2. The number of amides is 1. The van der Waals surface area contributed by atoms with Gasteiger partial charge >= 0.3 is 0 Å². The first-order valence-electron chi connectivity index (χ1n) is 8.65. The summed E-state index contributed by atoms with van der Waals surface area (Å²) in [4.78, 5) is 12.7. The van der Waals surface area contributed by atoms with Crippen molar-refractivity contribution in [2.24, 2.45) is 17.6 Å². The second kappa shape index (κ2) is 7.41. The van der Waals surface area contributed by atoms with Crippen LogP contribution >= 0.6 is 0 Å². The molecular formula is C18H26FN3O. The number of nitrogens with two attached hydrogens (primary N) is 1. The van der Waals surface area contributed by atoms with E-state index in [1.165, 1.54) is 12.1 Å². The van der Waals surface area contributed by atoms with Crippen LogP contribution in [0.1, 0.15) is 37.2 Å². The molecule has 5 heteroatoms. The molecule has 126 valence electrons. The fraction of sp³-hybridized carbons (Fsp3) is 0.611. The highest BCUT2D eigenvalue weighted by Crippen LogP contribution is 2.32. The fourth-order valence-corrected chi connectivity index (χ4v) is 4.07. The van der Waals surface area contributed by atoms with Gasteiger partial charge in [-0.3, -0.25) is 4.79 Å². The summed E-state index contributed by atoms with van der Waals surface area (Å²) in [6.07, 6.45) is 4.03. The standard InChI is InChI=1S/C18H26FN3O/c19-14-6-4-12(5-7-14)15-8-9-21-11-17(15)22-18(23)16-3-1-2-13(16)10-20/h4-7,13,15-17,21H,1-3,8-11,20H2,(H,22,23)/t13-,15?,16-,17?/m1/s1. The molecule has 1 aliphatic carbocycles. The van der Waals surface area contributed by atoms with E-state index >= 15 is 0 Å². The van der Waals surface area contributed by atoms with Gasteiger partial charge in [0.1, 0.15) is 5.82 Å². The molecule has 1 amide bonds. The molecule has 1 aromatic rings. The lowest BCUT2D eigenvalue weighted by Gasteiger charge is -2.34. The molecule has 2 fully saturated rings. The number of halogens is 1. The smallest absolute Gasteiger partial charge is 0.223 e. The molecule has 0 bridgehead atoms. The van der Waals surface area contributed by atoms with Crippen LogP contribution < -0.4 is 16.4 Å². The van der Waals surface area contributed by atoms with Crippen molar-refractivity contribution in [3.05, 3.63) is 35.6 Å². The van der Waals surface area contributed by atoms with E-state index in [2.05, 4.69) is 10.6 Å². The molecule has 4 nitrogen and oxygen atoms in total.